The third-order valence-electron chi connectivity index (χ3n) is 1.29. The van der Waals surface area contributed by atoms with E-state index >= 15 is 0 Å². The summed E-state index contributed by atoms with van der Waals surface area (Å²) in [6.07, 6.45) is 0. The number of methoxy groups -OCH3 is 2. The van der Waals surface area contributed by atoms with Crippen molar-refractivity contribution < 1.29 is 9.47 Å². The fraction of sp³-hybridized carbons (Fsp3) is 0.400. The molecule has 0 radical (unpaired) electrons. The molecule has 0 bridgehead atoms. The van der Waals surface area contributed by atoms with Crippen LogP contribution in [0, 0.1) is 0 Å². The summed E-state index contributed by atoms with van der Waals surface area (Å²) in [6, 6.07) is 7.53. The molecule has 2 heteroatoms. The minimum Gasteiger partial charge on any atom is -0.493 e. The largest absolute Gasteiger partial charge is 0.493 e. The first-order valence-electron chi connectivity index (χ1n) is 4.05. The molecular weight excluding hydrogens is 152 g/mol. The first-order chi connectivity index (χ1) is 5.88. The normalized spacial score (nSPS) is 8.00. The van der Waals surface area contributed by atoms with Crippen molar-refractivity contribution in [3.8, 4) is 11.5 Å². The fourth-order valence-electron chi connectivity index (χ4n) is 0.787. The van der Waals surface area contributed by atoms with Crippen molar-refractivity contribution in [1.82, 2.24) is 0 Å². The Labute approximate surface area is 74.1 Å². The van der Waals surface area contributed by atoms with Crippen LogP contribution in [0.4, 0.5) is 0 Å². The zero-order valence-electron chi connectivity index (χ0n) is 8.13. The molecule has 0 aliphatic heterocycles. The lowest BCUT2D eigenvalue weighted by Crippen LogP contribution is -1.88. The van der Waals surface area contributed by atoms with Crippen molar-refractivity contribution in [2.45, 2.75) is 13.8 Å². The Morgan fingerprint density at radius 1 is 0.833 bits per heavy atom. The molecule has 0 saturated heterocycles. The van der Waals surface area contributed by atoms with Crippen molar-refractivity contribution in [2.24, 2.45) is 0 Å². The van der Waals surface area contributed by atoms with Crippen LogP contribution in [0.1, 0.15) is 13.8 Å². The molecule has 1 aromatic carbocycles. The van der Waals surface area contributed by atoms with E-state index in [1.165, 1.54) is 0 Å². The maximum absolute atomic E-state index is 5.01. The van der Waals surface area contributed by atoms with E-state index < -0.39 is 0 Å². The second-order valence-corrected chi connectivity index (χ2v) is 1.85. The van der Waals surface area contributed by atoms with Gasteiger partial charge in [0, 0.05) is 0 Å². The van der Waals surface area contributed by atoms with E-state index in [2.05, 4.69) is 0 Å². The standard InChI is InChI=1S/C8H10O2.C2H6/c1-9-7-5-3-4-6-8(7)10-2;1-2/h3-6H,1-2H3;1-2H3. The zero-order valence-corrected chi connectivity index (χ0v) is 8.13. The van der Waals surface area contributed by atoms with Gasteiger partial charge < -0.3 is 9.47 Å². The van der Waals surface area contributed by atoms with Gasteiger partial charge in [-0.1, -0.05) is 26.0 Å². The minimum absolute atomic E-state index is 0.769. The van der Waals surface area contributed by atoms with Gasteiger partial charge in [-0.05, 0) is 12.1 Å². The smallest absolute Gasteiger partial charge is 0.160 e. The molecule has 0 N–H and O–H groups in total. The first-order valence-corrected chi connectivity index (χ1v) is 4.05. The minimum atomic E-state index is 0.769. The SMILES string of the molecule is CC.COc1ccccc1OC. The topological polar surface area (TPSA) is 18.5 Å². The number of rotatable bonds is 2. The van der Waals surface area contributed by atoms with Gasteiger partial charge in [0.05, 0.1) is 14.2 Å². The highest BCUT2D eigenvalue weighted by Gasteiger charge is 1.97. The predicted octanol–water partition coefficient (Wildman–Crippen LogP) is 2.73. The van der Waals surface area contributed by atoms with Crippen LogP contribution in [0.5, 0.6) is 11.5 Å². The molecule has 2 nitrogen and oxygen atoms in total. The molecule has 0 fully saturated rings. The van der Waals surface area contributed by atoms with Crippen molar-refractivity contribution in [3.63, 3.8) is 0 Å². The van der Waals surface area contributed by atoms with Crippen LogP contribution in [0.25, 0.3) is 0 Å². The van der Waals surface area contributed by atoms with Crippen molar-refractivity contribution in [3.05, 3.63) is 24.3 Å². The highest BCUT2D eigenvalue weighted by molar-refractivity contribution is 5.38. The lowest BCUT2D eigenvalue weighted by Gasteiger charge is -2.04. The number of hydrogen-bond donors (Lipinski definition) is 0. The summed E-state index contributed by atoms with van der Waals surface area (Å²) in [5, 5.41) is 0. The van der Waals surface area contributed by atoms with Crippen molar-refractivity contribution >= 4 is 0 Å². The highest BCUT2D eigenvalue weighted by Crippen LogP contribution is 2.24. The van der Waals surface area contributed by atoms with Gasteiger partial charge in [-0.2, -0.15) is 0 Å². The Hall–Kier alpha value is -1.18. The first kappa shape index (κ1) is 10.8. The third-order valence-corrected chi connectivity index (χ3v) is 1.29. The number of benzene rings is 1. The highest BCUT2D eigenvalue weighted by atomic mass is 16.5. The molecule has 0 unspecified atom stereocenters. The van der Waals surface area contributed by atoms with E-state index in [-0.39, 0.29) is 0 Å². The van der Waals surface area contributed by atoms with Gasteiger partial charge in [0.1, 0.15) is 0 Å². The maximum atomic E-state index is 5.01. The van der Waals surface area contributed by atoms with Crippen LogP contribution in [-0.4, -0.2) is 14.2 Å². The zero-order chi connectivity index (χ0) is 9.40. The average Bonchev–Trinajstić information content (AvgIpc) is 2.20. The Kier molecular flexibility index (Phi) is 5.88. The Morgan fingerprint density at radius 2 is 1.17 bits per heavy atom. The molecule has 68 valence electrons. The lowest BCUT2D eigenvalue weighted by molar-refractivity contribution is 0.355. The molecular formula is C10H16O2. The van der Waals surface area contributed by atoms with Gasteiger partial charge in [0.2, 0.25) is 0 Å². The Bertz CT molecular complexity index is 186. The van der Waals surface area contributed by atoms with E-state index in [9.17, 15) is 0 Å². The molecule has 0 aliphatic carbocycles. The number of ether oxygens (including phenoxy) is 2. The van der Waals surface area contributed by atoms with Gasteiger partial charge in [-0.15, -0.1) is 0 Å². The summed E-state index contributed by atoms with van der Waals surface area (Å²) in [7, 11) is 3.25. The van der Waals surface area contributed by atoms with E-state index in [1.54, 1.807) is 14.2 Å². The third kappa shape index (κ3) is 2.82. The van der Waals surface area contributed by atoms with Gasteiger partial charge in [-0.25, -0.2) is 0 Å². The van der Waals surface area contributed by atoms with E-state index in [1.807, 2.05) is 38.1 Å². The van der Waals surface area contributed by atoms with Gasteiger partial charge >= 0.3 is 0 Å². The molecule has 0 saturated carbocycles. The van der Waals surface area contributed by atoms with Crippen molar-refractivity contribution in [2.75, 3.05) is 14.2 Å². The molecule has 0 heterocycles. The van der Waals surface area contributed by atoms with Gasteiger partial charge in [-0.3, -0.25) is 0 Å². The van der Waals surface area contributed by atoms with Crippen LogP contribution in [0.15, 0.2) is 24.3 Å². The van der Waals surface area contributed by atoms with E-state index in [0.29, 0.717) is 0 Å². The quantitative estimate of drug-likeness (QED) is 0.676. The molecule has 1 aromatic rings. The number of para-hydroxylation sites is 2. The van der Waals surface area contributed by atoms with Crippen LogP contribution in [0.3, 0.4) is 0 Å². The molecule has 0 aromatic heterocycles. The molecule has 1 rings (SSSR count). The van der Waals surface area contributed by atoms with Crippen LogP contribution < -0.4 is 9.47 Å². The molecule has 0 atom stereocenters. The summed E-state index contributed by atoms with van der Waals surface area (Å²) in [4.78, 5) is 0. The summed E-state index contributed by atoms with van der Waals surface area (Å²) >= 11 is 0. The monoisotopic (exact) mass is 168 g/mol. The van der Waals surface area contributed by atoms with Gasteiger partial charge in [0.25, 0.3) is 0 Å². The van der Waals surface area contributed by atoms with Crippen molar-refractivity contribution in [1.29, 1.82) is 0 Å². The molecule has 12 heavy (non-hydrogen) atoms. The van der Waals surface area contributed by atoms with Crippen LogP contribution in [-0.2, 0) is 0 Å². The fourth-order valence-corrected chi connectivity index (χ4v) is 0.787. The van der Waals surface area contributed by atoms with Gasteiger partial charge in [0.15, 0.2) is 11.5 Å². The summed E-state index contributed by atoms with van der Waals surface area (Å²) < 4.78 is 10.0. The second-order valence-electron chi connectivity index (χ2n) is 1.85. The van der Waals surface area contributed by atoms with Crippen LogP contribution in [0.2, 0.25) is 0 Å². The predicted molar refractivity (Wildman–Crippen MR) is 50.9 cm³/mol. The Balaban J connectivity index is 0.000000561. The lowest BCUT2D eigenvalue weighted by atomic mass is 10.3. The summed E-state index contributed by atoms with van der Waals surface area (Å²) in [5.74, 6) is 1.54. The van der Waals surface area contributed by atoms with E-state index in [4.69, 9.17) is 9.47 Å². The average molecular weight is 168 g/mol. The molecule has 0 spiro atoms. The van der Waals surface area contributed by atoms with E-state index in [0.717, 1.165) is 11.5 Å². The molecule has 0 amide bonds. The molecule has 0 aliphatic rings. The summed E-state index contributed by atoms with van der Waals surface area (Å²) in [6.45, 7) is 4.00. The Morgan fingerprint density at radius 3 is 1.42 bits per heavy atom. The number of hydrogen-bond acceptors (Lipinski definition) is 2. The summed E-state index contributed by atoms with van der Waals surface area (Å²) in [5.41, 5.74) is 0. The van der Waals surface area contributed by atoms with Crippen LogP contribution >= 0.6 is 0 Å². The maximum Gasteiger partial charge on any atom is 0.160 e. The second kappa shape index (κ2) is 6.53.